The summed E-state index contributed by atoms with van der Waals surface area (Å²) in [4.78, 5) is 23.5. The first kappa shape index (κ1) is 24.0. The van der Waals surface area contributed by atoms with Crippen LogP contribution in [-0.2, 0) is 16.1 Å². The van der Waals surface area contributed by atoms with Crippen LogP contribution in [0, 0.1) is 5.92 Å². The summed E-state index contributed by atoms with van der Waals surface area (Å²) in [6.07, 6.45) is 5.61. The fraction of sp³-hybridized carbons (Fsp3) is 0.636. The Morgan fingerprint density at radius 2 is 1.57 bits per heavy atom. The molecule has 1 aliphatic heterocycles. The van der Waals surface area contributed by atoms with Gasteiger partial charge >= 0.3 is 11.9 Å². The Hall–Kier alpha value is -2.32. The summed E-state index contributed by atoms with van der Waals surface area (Å²) in [5, 5.41) is 14.8. The third-order valence-electron chi connectivity index (χ3n) is 5.98. The Labute approximate surface area is 178 Å². The Morgan fingerprint density at radius 1 is 0.967 bits per heavy atom. The average Bonchev–Trinajstić information content (AvgIpc) is 2.75. The van der Waals surface area contributed by atoms with Crippen LogP contribution in [0.25, 0.3) is 0 Å². The monoisotopic (exact) mass is 422 g/mol. The van der Waals surface area contributed by atoms with Crippen LogP contribution in [0.3, 0.4) is 0 Å². The minimum atomic E-state index is -1.82. The van der Waals surface area contributed by atoms with E-state index in [-0.39, 0.29) is 0 Å². The molecule has 2 aliphatic rings. The molecule has 3 rings (SSSR count). The van der Waals surface area contributed by atoms with Crippen molar-refractivity contribution >= 4 is 11.9 Å². The zero-order valence-electron chi connectivity index (χ0n) is 18.2. The zero-order valence-corrected chi connectivity index (χ0v) is 18.2. The van der Waals surface area contributed by atoms with Crippen LogP contribution in [0.2, 0.25) is 0 Å². The van der Waals surface area contributed by atoms with Gasteiger partial charge in [0.2, 0.25) is 0 Å². The number of benzene rings is 1. The zero-order chi connectivity index (χ0) is 22.1. The first-order valence-electron chi connectivity index (χ1n) is 10.5. The van der Waals surface area contributed by atoms with E-state index in [1.54, 1.807) is 14.2 Å². The van der Waals surface area contributed by atoms with Gasteiger partial charge in [-0.05, 0) is 37.7 Å². The predicted molar refractivity (Wildman–Crippen MR) is 113 cm³/mol. The molecule has 2 N–H and O–H groups in total. The molecule has 1 aromatic rings. The van der Waals surface area contributed by atoms with Gasteiger partial charge in [-0.2, -0.15) is 0 Å². The van der Waals surface area contributed by atoms with Gasteiger partial charge in [0.1, 0.15) is 11.5 Å². The number of rotatable bonds is 5. The number of nitrogens with zero attached hydrogens (tertiary/aromatic N) is 2. The van der Waals surface area contributed by atoms with Crippen molar-refractivity contribution in [2.45, 2.75) is 45.2 Å². The maximum Gasteiger partial charge on any atom is 0.414 e. The number of carbonyl (C=O) groups is 2. The van der Waals surface area contributed by atoms with Crippen LogP contribution >= 0.6 is 0 Å². The molecule has 2 fully saturated rings. The fourth-order valence-corrected chi connectivity index (χ4v) is 4.12. The number of hydrogen-bond acceptors (Lipinski definition) is 6. The van der Waals surface area contributed by atoms with Crippen molar-refractivity contribution in [1.29, 1.82) is 0 Å². The highest BCUT2D eigenvalue weighted by molar-refractivity contribution is 6.27. The smallest absolute Gasteiger partial charge is 0.414 e. The highest BCUT2D eigenvalue weighted by atomic mass is 16.5. The van der Waals surface area contributed by atoms with Gasteiger partial charge in [0.05, 0.1) is 14.2 Å². The lowest BCUT2D eigenvalue weighted by atomic mass is 9.86. The number of ether oxygens (including phenoxy) is 2. The van der Waals surface area contributed by atoms with Gasteiger partial charge in [-0.25, -0.2) is 9.59 Å². The van der Waals surface area contributed by atoms with Crippen molar-refractivity contribution < 1.29 is 29.3 Å². The lowest BCUT2D eigenvalue weighted by molar-refractivity contribution is -0.159. The number of piperazine rings is 1. The lowest BCUT2D eigenvalue weighted by Crippen LogP contribution is -2.50. The molecule has 1 saturated carbocycles. The van der Waals surface area contributed by atoms with E-state index in [4.69, 9.17) is 29.3 Å². The maximum absolute atomic E-state index is 9.10. The SMILES string of the molecule is COc1ccc(CN2CCN(C3CCC(C)CC3)CC2)c(OC)c1.O=C(O)C(=O)O. The van der Waals surface area contributed by atoms with Gasteiger partial charge in [-0.3, -0.25) is 9.80 Å². The van der Waals surface area contributed by atoms with Crippen LogP contribution in [0.1, 0.15) is 38.2 Å². The van der Waals surface area contributed by atoms with Gasteiger partial charge in [0, 0.05) is 50.4 Å². The summed E-state index contributed by atoms with van der Waals surface area (Å²) in [5.41, 5.74) is 1.25. The van der Waals surface area contributed by atoms with Crippen molar-refractivity contribution in [2.24, 2.45) is 5.92 Å². The Balaban J connectivity index is 0.000000469. The second kappa shape index (κ2) is 11.8. The summed E-state index contributed by atoms with van der Waals surface area (Å²) in [6.45, 7) is 8.08. The van der Waals surface area contributed by atoms with Crippen molar-refractivity contribution in [2.75, 3.05) is 40.4 Å². The molecule has 168 valence electrons. The molecule has 0 spiro atoms. The van der Waals surface area contributed by atoms with Crippen LogP contribution in [0.5, 0.6) is 11.5 Å². The summed E-state index contributed by atoms with van der Waals surface area (Å²) in [6, 6.07) is 6.97. The van der Waals surface area contributed by atoms with E-state index in [0.29, 0.717) is 0 Å². The van der Waals surface area contributed by atoms with Crippen LogP contribution in [0.4, 0.5) is 0 Å². The van der Waals surface area contributed by atoms with Gasteiger partial charge in [0.15, 0.2) is 0 Å². The highest BCUT2D eigenvalue weighted by Gasteiger charge is 2.27. The molecule has 0 bridgehead atoms. The Kier molecular flexibility index (Phi) is 9.39. The van der Waals surface area contributed by atoms with Gasteiger partial charge < -0.3 is 19.7 Å². The minimum absolute atomic E-state index is 0.832. The summed E-state index contributed by atoms with van der Waals surface area (Å²) < 4.78 is 10.8. The normalized spacial score (nSPS) is 22.5. The second-order valence-corrected chi connectivity index (χ2v) is 8.01. The molecular formula is C22H34N2O6. The summed E-state index contributed by atoms with van der Waals surface area (Å²) in [7, 11) is 3.43. The maximum atomic E-state index is 9.10. The third kappa shape index (κ3) is 7.18. The second-order valence-electron chi connectivity index (χ2n) is 8.01. The van der Waals surface area contributed by atoms with Gasteiger partial charge in [0.25, 0.3) is 0 Å². The number of carboxylic acids is 2. The molecule has 0 amide bonds. The predicted octanol–water partition coefficient (Wildman–Crippen LogP) is 2.56. The quantitative estimate of drug-likeness (QED) is 0.699. The van der Waals surface area contributed by atoms with Crippen molar-refractivity contribution in [3.05, 3.63) is 23.8 Å². The number of aliphatic carboxylic acids is 2. The molecule has 1 aromatic carbocycles. The van der Waals surface area contributed by atoms with Crippen molar-refractivity contribution in [1.82, 2.24) is 9.80 Å². The van der Waals surface area contributed by atoms with Gasteiger partial charge in [-0.15, -0.1) is 0 Å². The number of hydrogen-bond donors (Lipinski definition) is 2. The summed E-state index contributed by atoms with van der Waals surface area (Å²) >= 11 is 0. The number of carboxylic acid groups (broad SMARTS) is 2. The topological polar surface area (TPSA) is 99.5 Å². The molecule has 0 aromatic heterocycles. The highest BCUT2D eigenvalue weighted by Crippen LogP contribution is 2.29. The molecule has 1 saturated heterocycles. The Morgan fingerprint density at radius 3 is 2.07 bits per heavy atom. The van der Waals surface area contributed by atoms with E-state index in [2.05, 4.69) is 22.8 Å². The van der Waals surface area contributed by atoms with Crippen LogP contribution in [-0.4, -0.2) is 78.4 Å². The molecule has 0 atom stereocenters. The fourth-order valence-electron chi connectivity index (χ4n) is 4.12. The third-order valence-corrected chi connectivity index (χ3v) is 5.98. The molecule has 0 unspecified atom stereocenters. The number of methoxy groups -OCH3 is 2. The average molecular weight is 423 g/mol. The molecule has 8 nitrogen and oxygen atoms in total. The molecule has 0 radical (unpaired) electrons. The Bertz CT molecular complexity index is 683. The van der Waals surface area contributed by atoms with Crippen LogP contribution < -0.4 is 9.47 Å². The molecule has 30 heavy (non-hydrogen) atoms. The van der Waals surface area contributed by atoms with E-state index in [0.717, 1.165) is 43.1 Å². The van der Waals surface area contributed by atoms with Gasteiger partial charge in [-0.1, -0.05) is 13.0 Å². The lowest BCUT2D eigenvalue weighted by Gasteiger charge is -2.41. The van der Waals surface area contributed by atoms with Crippen molar-refractivity contribution in [3.8, 4) is 11.5 Å². The van der Waals surface area contributed by atoms with E-state index < -0.39 is 11.9 Å². The first-order valence-corrected chi connectivity index (χ1v) is 10.5. The molecule has 1 heterocycles. The van der Waals surface area contributed by atoms with E-state index >= 15 is 0 Å². The molecular weight excluding hydrogens is 388 g/mol. The van der Waals surface area contributed by atoms with E-state index in [9.17, 15) is 0 Å². The molecule has 1 aliphatic carbocycles. The van der Waals surface area contributed by atoms with E-state index in [1.807, 2.05) is 12.1 Å². The standard InChI is InChI=1S/C20H32N2O2.C2H2O4/c1-16-4-7-18(8-5-16)22-12-10-21(11-13-22)15-17-6-9-19(23-2)14-20(17)24-3;3-1(4)2(5)6/h6,9,14,16,18H,4-5,7-8,10-13,15H2,1-3H3;(H,3,4)(H,5,6). The van der Waals surface area contributed by atoms with E-state index in [1.165, 1.54) is 44.3 Å². The largest absolute Gasteiger partial charge is 0.497 e. The minimum Gasteiger partial charge on any atom is -0.497 e. The first-order chi connectivity index (χ1) is 14.3. The van der Waals surface area contributed by atoms with Crippen LogP contribution in [0.15, 0.2) is 18.2 Å². The van der Waals surface area contributed by atoms with Crippen molar-refractivity contribution in [3.63, 3.8) is 0 Å². The summed E-state index contributed by atoms with van der Waals surface area (Å²) in [5.74, 6) is -0.930. The molecule has 8 heteroatoms.